The van der Waals surface area contributed by atoms with E-state index in [1.807, 2.05) is 30.3 Å². The first kappa shape index (κ1) is 19.7. The molecule has 0 aliphatic carbocycles. The van der Waals surface area contributed by atoms with Crippen LogP contribution in [0.5, 0.6) is 5.75 Å². The number of thioether (sulfide) groups is 1. The van der Waals surface area contributed by atoms with Crippen LogP contribution in [0.3, 0.4) is 0 Å². The highest BCUT2D eigenvalue weighted by atomic mass is 79.9. The zero-order valence-corrected chi connectivity index (χ0v) is 17.3. The SMILES string of the molecule is C=CCN1C(=O)S/C(=C/c2cc(Br)ccc2OCc2ccc(Cl)cc2)C1=O. The van der Waals surface area contributed by atoms with Crippen LogP contribution in [0, 0.1) is 0 Å². The number of ether oxygens (including phenoxy) is 1. The number of hydrogen-bond donors (Lipinski definition) is 0. The quantitative estimate of drug-likeness (QED) is 0.394. The number of halogens is 2. The Morgan fingerprint density at radius 3 is 2.63 bits per heavy atom. The molecule has 4 nitrogen and oxygen atoms in total. The van der Waals surface area contributed by atoms with E-state index < -0.39 is 0 Å². The Bertz CT molecular complexity index is 927. The molecule has 0 spiro atoms. The standard InChI is InChI=1S/C20H15BrClNO3S/c1-2-9-23-19(24)18(27-20(23)25)11-14-10-15(21)5-8-17(14)26-12-13-3-6-16(22)7-4-13/h2-8,10-11H,1,9,12H2/b18-11+. The van der Waals surface area contributed by atoms with Crippen molar-refractivity contribution in [3.63, 3.8) is 0 Å². The molecule has 2 amide bonds. The summed E-state index contributed by atoms with van der Waals surface area (Å²) in [6.45, 7) is 4.13. The molecular formula is C20H15BrClNO3S. The van der Waals surface area contributed by atoms with E-state index in [-0.39, 0.29) is 17.7 Å². The smallest absolute Gasteiger partial charge is 0.293 e. The first-order chi connectivity index (χ1) is 13.0. The van der Waals surface area contributed by atoms with E-state index in [1.165, 1.54) is 6.08 Å². The van der Waals surface area contributed by atoms with Crippen molar-refractivity contribution in [1.82, 2.24) is 4.90 Å². The van der Waals surface area contributed by atoms with Crippen LogP contribution in [-0.2, 0) is 11.4 Å². The van der Waals surface area contributed by atoms with Gasteiger partial charge < -0.3 is 4.74 Å². The number of carbonyl (C=O) groups excluding carboxylic acids is 2. The molecule has 0 saturated carbocycles. The lowest BCUT2D eigenvalue weighted by Gasteiger charge is -2.11. The minimum atomic E-state index is -0.325. The van der Waals surface area contributed by atoms with E-state index >= 15 is 0 Å². The number of imide groups is 1. The molecule has 3 rings (SSSR count). The second-order valence-corrected chi connectivity index (χ2v) is 8.02. The largest absolute Gasteiger partial charge is 0.488 e. The topological polar surface area (TPSA) is 46.6 Å². The molecule has 0 unspecified atom stereocenters. The summed E-state index contributed by atoms with van der Waals surface area (Å²) in [6, 6.07) is 12.9. The van der Waals surface area contributed by atoms with Gasteiger partial charge in [0.25, 0.3) is 11.1 Å². The van der Waals surface area contributed by atoms with E-state index in [4.69, 9.17) is 16.3 Å². The van der Waals surface area contributed by atoms with Gasteiger partial charge in [0.05, 0.1) is 4.91 Å². The molecule has 0 radical (unpaired) electrons. The first-order valence-electron chi connectivity index (χ1n) is 8.01. The van der Waals surface area contributed by atoms with E-state index in [0.29, 0.717) is 27.8 Å². The van der Waals surface area contributed by atoms with Crippen LogP contribution < -0.4 is 4.74 Å². The van der Waals surface area contributed by atoms with Crippen molar-refractivity contribution in [1.29, 1.82) is 0 Å². The molecule has 1 heterocycles. The van der Waals surface area contributed by atoms with Crippen LogP contribution in [0.1, 0.15) is 11.1 Å². The molecular weight excluding hydrogens is 450 g/mol. The molecule has 1 aliphatic rings. The lowest BCUT2D eigenvalue weighted by atomic mass is 10.1. The summed E-state index contributed by atoms with van der Waals surface area (Å²) in [6.07, 6.45) is 3.20. The van der Waals surface area contributed by atoms with Crippen LogP contribution in [0.25, 0.3) is 6.08 Å². The number of rotatable bonds is 6. The Kier molecular flexibility index (Phi) is 6.42. The molecule has 0 N–H and O–H groups in total. The van der Waals surface area contributed by atoms with Crippen molar-refractivity contribution < 1.29 is 14.3 Å². The zero-order valence-electron chi connectivity index (χ0n) is 14.2. The van der Waals surface area contributed by atoms with Crippen molar-refractivity contribution in [2.24, 2.45) is 0 Å². The molecule has 1 aliphatic heterocycles. The van der Waals surface area contributed by atoms with Gasteiger partial charge in [-0.1, -0.05) is 45.7 Å². The summed E-state index contributed by atoms with van der Waals surface area (Å²) in [5.41, 5.74) is 1.68. The lowest BCUT2D eigenvalue weighted by Crippen LogP contribution is -2.27. The van der Waals surface area contributed by atoms with E-state index in [1.54, 1.807) is 18.2 Å². The summed E-state index contributed by atoms with van der Waals surface area (Å²) in [5.74, 6) is 0.289. The van der Waals surface area contributed by atoms with Crippen LogP contribution in [0.15, 0.2) is 64.5 Å². The summed E-state index contributed by atoms with van der Waals surface area (Å²) in [7, 11) is 0. The third kappa shape index (κ3) is 4.83. The third-order valence-corrected chi connectivity index (χ3v) is 5.40. The normalized spacial score (nSPS) is 15.5. The zero-order chi connectivity index (χ0) is 19.4. The van der Waals surface area contributed by atoms with Gasteiger partial charge in [-0.3, -0.25) is 14.5 Å². The van der Waals surface area contributed by atoms with Gasteiger partial charge in [-0.2, -0.15) is 0 Å². The molecule has 1 fully saturated rings. The lowest BCUT2D eigenvalue weighted by molar-refractivity contribution is -0.122. The summed E-state index contributed by atoms with van der Waals surface area (Å²) in [5, 5.41) is 0.364. The van der Waals surface area contributed by atoms with Gasteiger partial charge >= 0.3 is 0 Å². The monoisotopic (exact) mass is 463 g/mol. The van der Waals surface area contributed by atoms with Gasteiger partial charge in [0, 0.05) is 21.6 Å². The Labute approximate surface area is 175 Å². The maximum Gasteiger partial charge on any atom is 0.293 e. The van der Waals surface area contributed by atoms with Crippen LogP contribution in [-0.4, -0.2) is 22.6 Å². The second kappa shape index (κ2) is 8.78. The van der Waals surface area contributed by atoms with E-state index in [0.717, 1.165) is 26.7 Å². The Hall–Kier alpha value is -2.02. The van der Waals surface area contributed by atoms with E-state index in [2.05, 4.69) is 22.5 Å². The van der Waals surface area contributed by atoms with Crippen molar-refractivity contribution in [3.05, 3.63) is 80.6 Å². The maximum absolute atomic E-state index is 12.4. The van der Waals surface area contributed by atoms with Crippen LogP contribution in [0.2, 0.25) is 5.02 Å². The molecule has 138 valence electrons. The average molecular weight is 465 g/mol. The molecule has 1 saturated heterocycles. The summed E-state index contributed by atoms with van der Waals surface area (Å²) < 4.78 is 6.77. The average Bonchev–Trinajstić information content (AvgIpc) is 2.90. The Balaban J connectivity index is 1.84. The number of benzene rings is 2. The fourth-order valence-electron chi connectivity index (χ4n) is 2.43. The number of carbonyl (C=O) groups is 2. The molecule has 0 atom stereocenters. The molecule has 0 aromatic heterocycles. The summed E-state index contributed by atoms with van der Waals surface area (Å²) >= 11 is 10.2. The second-order valence-electron chi connectivity index (χ2n) is 5.68. The van der Waals surface area contributed by atoms with Crippen molar-refractivity contribution >= 4 is 56.5 Å². The van der Waals surface area contributed by atoms with Gasteiger partial charge in [-0.25, -0.2) is 0 Å². The van der Waals surface area contributed by atoms with Gasteiger partial charge in [0.15, 0.2) is 0 Å². The predicted octanol–water partition coefficient (Wildman–Crippen LogP) is 5.90. The van der Waals surface area contributed by atoms with Gasteiger partial charge in [0.2, 0.25) is 0 Å². The van der Waals surface area contributed by atoms with Crippen molar-refractivity contribution in [3.8, 4) is 5.75 Å². The molecule has 2 aromatic rings. The molecule has 2 aromatic carbocycles. The highest BCUT2D eigenvalue weighted by molar-refractivity contribution is 9.10. The van der Waals surface area contributed by atoms with E-state index in [9.17, 15) is 9.59 Å². The molecule has 0 bridgehead atoms. The third-order valence-electron chi connectivity index (χ3n) is 3.75. The van der Waals surface area contributed by atoms with Crippen LogP contribution >= 0.6 is 39.3 Å². The van der Waals surface area contributed by atoms with Crippen molar-refractivity contribution in [2.45, 2.75) is 6.61 Å². The number of nitrogens with zero attached hydrogens (tertiary/aromatic N) is 1. The number of hydrogen-bond acceptors (Lipinski definition) is 4. The highest BCUT2D eigenvalue weighted by Gasteiger charge is 2.34. The maximum atomic E-state index is 12.4. The first-order valence-corrected chi connectivity index (χ1v) is 9.99. The summed E-state index contributed by atoms with van der Waals surface area (Å²) in [4.78, 5) is 25.9. The predicted molar refractivity (Wildman–Crippen MR) is 113 cm³/mol. The molecule has 27 heavy (non-hydrogen) atoms. The fraction of sp³-hybridized carbons (Fsp3) is 0.100. The minimum Gasteiger partial charge on any atom is -0.488 e. The van der Waals surface area contributed by atoms with Crippen molar-refractivity contribution in [2.75, 3.05) is 6.54 Å². The number of amides is 2. The highest BCUT2D eigenvalue weighted by Crippen LogP contribution is 2.35. The van der Waals surface area contributed by atoms with Gasteiger partial charge in [-0.15, -0.1) is 6.58 Å². The van der Waals surface area contributed by atoms with Gasteiger partial charge in [-0.05, 0) is 53.7 Å². The van der Waals surface area contributed by atoms with Gasteiger partial charge in [0.1, 0.15) is 12.4 Å². The van der Waals surface area contributed by atoms with Crippen LogP contribution in [0.4, 0.5) is 4.79 Å². The minimum absolute atomic E-state index is 0.195. The molecule has 7 heteroatoms. The Morgan fingerprint density at radius 1 is 1.19 bits per heavy atom. The fourth-order valence-corrected chi connectivity index (χ4v) is 3.78. The Morgan fingerprint density at radius 2 is 1.93 bits per heavy atom.